The fraction of sp³-hybridized carbons (Fsp3) is 0.238. The van der Waals surface area contributed by atoms with Gasteiger partial charge in [0.25, 0.3) is 0 Å². The summed E-state index contributed by atoms with van der Waals surface area (Å²) in [4.78, 5) is 15.6. The Balaban J connectivity index is 2.48. The van der Waals surface area contributed by atoms with Gasteiger partial charge in [-0.3, -0.25) is 4.57 Å². The van der Waals surface area contributed by atoms with Crippen LogP contribution in [-0.2, 0) is 4.74 Å². The molecule has 2 rings (SSSR count). The molecule has 0 atom stereocenters. The topological polar surface area (TPSA) is 64.3 Å². The van der Waals surface area contributed by atoms with E-state index in [-0.39, 0.29) is 11.5 Å². The Kier molecular flexibility index (Phi) is 7.11. The van der Waals surface area contributed by atoms with Crippen molar-refractivity contribution in [2.24, 2.45) is 0 Å². The summed E-state index contributed by atoms with van der Waals surface area (Å²) >= 11 is 0. The minimum absolute atomic E-state index is 0.0874. The van der Waals surface area contributed by atoms with Crippen LogP contribution in [0.4, 0.5) is 4.39 Å². The van der Waals surface area contributed by atoms with E-state index in [0.717, 1.165) is 18.6 Å². The number of allylic oxidation sites excluding steroid dienone is 5. The molecule has 1 N–H and O–H groups in total. The summed E-state index contributed by atoms with van der Waals surface area (Å²) in [7, 11) is 1.60. The summed E-state index contributed by atoms with van der Waals surface area (Å²) in [5.41, 5.74) is 1.24. The number of hydrogen-bond acceptors (Lipinski definition) is 3. The monoisotopic (exact) mass is 370 g/mol. The van der Waals surface area contributed by atoms with Crippen molar-refractivity contribution >= 4 is 11.5 Å². The number of aromatic carboxylic acids is 1. The zero-order valence-electron chi connectivity index (χ0n) is 15.6. The maximum Gasteiger partial charge on any atom is 0.356 e. The normalized spacial score (nSPS) is 12.6. The minimum Gasteiger partial charge on any atom is -0.497 e. The number of nitrogens with zero attached hydrogens (tertiary/aromatic N) is 2. The second-order valence-electron chi connectivity index (χ2n) is 5.78. The quantitative estimate of drug-likeness (QED) is 0.525. The SMILES string of the molecule is C\C=C(/C=C\C(=C\CCC)OC)c1nc(C(=O)O)cn1-c1ccc(F)cc1. The summed E-state index contributed by atoms with van der Waals surface area (Å²) in [6.45, 7) is 3.92. The number of carbonyl (C=O) groups is 1. The van der Waals surface area contributed by atoms with Crippen molar-refractivity contribution in [3.8, 4) is 5.69 Å². The predicted octanol–water partition coefficient (Wildman–Crippen LogP) is 5.00. The fourth-order valence-electron chi connectivity index (χ4n) is 2.46. The lowest BCUT2D eigenvalue weighted by molar-refractivity contribution is 0.0691. The summed E-state index contributed by atoms with van der Waals surface area (Å²) in [6, 6.07) is 5.79. The highest BCUT2D eigenvalue weighted by atomic mass is 19.1. The molecule has 0 amide bonds. The Labute approximate surface area is 158 Å². The van der Waals surface area contributed by atoms with Crippen molar-refractivity contribution in [3.63, 3.8) is 0 Å². The molecular weight excluding hydrogens is 347 g/mol. The van der Waals surface area contributed by atoms with Crippen LogP contribution in [-0.4, -0.2) is 27.7 Å². The van der Waals surface area contributed by atoms with Crippen LogP contribution < -0.4 is 0 Å². The first kappa shape index (κ1) is 20.2. The van der Waals surface area contributed by atoms with Crippen LogP contribution in [0.3, 0.4) is 0 Å². The van der Waals surface area contributed by atoms with Gasteiger partial charge in [0.15, 0.2) is 5.69 Å². The molecule has 2 aromatic rings. The Morgan fingerprint density at radius 2 is 2.00 bits per heavy atom. The smallest absolute Gasteiger partial charge is 0.356 e. The van der Waals surface area contributed by atoms with Crippen LogP contribution in [0.5, 0.6) is 0 Å². The number of methoxy groups -OCH3 is 1. The number of carboxylic acid groups (broad SMARTS) is 1. The van der Waals surface area contributed by atoms with Crippen molar-refractivity contribution in [1.82, 2.24) is 9.55 Å². The molecule has 0 aliphatic heterocycles. The molecule has 142 valence electrons. The van der Waals surface area contributed by atoms with Gasteiger partial charge >= 0.3 is 5.97 Å². The Hall–Kier alpha value is -3.15. The van der Waals surface area contributed by atoms with Gasteiger partial charge in [0, 0.05) is 17.5 Å². The average molecular weight is 370 g/mol. The number of rotatable bonds is 8. The number of unbranched alkanes of at least 4 members (excludes halogenated alkanes) is 1. The minimum atomic E-state index is -1.13. The number of halogens is 1. The third kappa shape index (κ3) is 5.17. The van der Waals surface area contributed by atoms with Gasteiger partial charge in [-0.25, -0.2) is 14.2 Å². The number of benzene rings is 1. The van der Waals surface area contributed by atoms with E-state index in [9.17, 15) is 14.3 Å². The summed E-state index contributed by atoms with van der Waals surface area (Å²) in [5.74, 6) is -0.328. The molecule has 0 aliphatic rings. The van der Waals surface area contributed by atoms with Crippen LogP contribution in [0, 0.1) is 5.82 Å². The molecule has 0 bridgehead atoms. The number of hydrogen-bond donors (Lipinski definition) is 1. The van der Waals surface area contributed by atoms with Crippen LogP contribution in [0.2, 0.25) is 0 Å². The zero-order chi connectivity index (χ0) is 19.8. The van der Waals surface area contributed by atoms with Crippen LogP contribution >= 0.6 is 0 Å². The van der Waals surface area contributed by atoms with Gasteiger partial charge in [-0.1, -0.05) is 19.4 Å². The lowest BCUT2D eigenvalue weighted by Gasteiger charge is -2.08. The molecule has 0 aliphatic carbocycles. The van der Waals surface area contributed by atoms with Gasteiger partial charge in [0.2, 0.25) is 0 Å². The molecule has 6 heteroatoms. The molecule has 0 saturated heterocycles. The van der Waals surface area contributed by atoms with E-state index in [2.05, 4.69) is 11.9 Å². The molecule has 0 radical (unpaired) electrons. The van der Waals surface area contributed by atoms with Crippen molar-refractivity contribution in [1.29, 1.82) is 0 Å². The van der Waals surface area contributed by atoms with Gasteiger partial charge < -0.3 is 9.84 Å². The van der Waals surface area contributed by atoms with Gasteiger partial charge in [-0.15, -0.1) is 0 Å². The number of ether oxygens (including phenoxy) is 1. The van der Waals surface area contributed by atoms with Crippen molar-refractivity contribution in [3.05, 3.63) is 77.9 Å². The Bertz CT molecular complexity index is 877. The first-order valence-corrected chi connectivity index (χ1v) is 8.67. The molecule has 0 unspecified atom stereocenters. The number of aromatic nitrogens is 2. The van der Waals surface area contributed by atoms with E-state index in [4.69, 9.17) is 4.74 Å². The molecule has 1 aromatic heterocycles. The van der Waals surface area contributed by atoms with E-state index in [1.54, 1.807) is 23.8 Å². The molecule has 0 fully saturated rings. The van der Waals surface area contributed by atoms with Crippen LogP contribution in [0.15, 0.2) is 60.5 Å². The first-order chi connectivity index (χ1) is 13.0. The molecule has 1 heterocycles. The highest BCUT2D eigenvalue weighted by Crippen LogP contribution is 2.22. The summed E-state index contributed by atoms with van der Waals surface area (Å²) < 4.78 is 20.2. The molecule has 5 nitrogen and oxygen atoms in total. The van der Waals surface area contributed by atoms with E-state index in [1.165, 1.54) is 18.3 Å². The first-order valence-electron chi connectivity index (χ1n) is 8.67. The molecule has 1 aromatic carbocycles. The third-order valence-electron chi connectivity index (χ3n) is 3.90. The van der Waals surface area contributed by atoms with Gasteiger partial charge in [-0.05, 0) is 55.8 Å². The van der Waals surface area contributed by atoms with Gasteiger partial charge in [-0.2, -0.15) is 0 Å². The highest BCUT2D eigenvalue weighted by Gasteiger charge is 2.16. The number of imidazole rings is 1. The molecule has 27 heavy (non-hydrogen) atoms. The lowest BCUT2D eigenvalue weighted by atomic mass is 10.2. The average Bonchev–Trinajstić information content (AvgIpc) is 3.11. The highest BCUT2D eigenvalue weighted by molar-refractivity contribution is 5.86. The standard InChI is InChI=1S/C21H23FN2O3/c1-4-6-7-18(27-3)13-8-15(5-2)20-23-19(21(25)26)14-24(20)17-11-9-16(22)10-12-17/h5,7-14H,4,6H2,1-3H3,(H,25,26)/b13-8-,15-5+,18-7-. The number of carboxylic acids is 1. The Morgan fingerprint density at radius 3 is 2.56 bits per heavy atom. The molecular formula is C21H23FN2O3. The lowest BCUT2D eigenvalue weighted by Crippen LogP contribution is -1.99. The summed E-state index contributed by atoms with van der Waals surface area (Å²) in [5, 5.41) is 9.32. The molecule has 0 spiro atoms. The van der Waals surface area contributed by atoms with Gasteiger partial charge in [0.1, 0.15) is 17.4 Å². The van der Waals surface area contributed by atoms with Crippen molar-refractivity contribution in [2.75, 3.05) is 7.11 Å². The van der Waals surface area contributed by atoms with E-state index in [1.807, 2.05) is 31.2 Å². The van der Waals surface area contributed by atoms with Crippen LogP contribution in [0.1, 0.15) is 43.0 Å². The second-order valence-corrected chi connectivity index (χ2v) is 5.78. The summed E-state index contributed by atoms with van der Waals surface area (Å²) in [6.07, 6.45) is 10.8. The maximum atomic E-state index is 13.2. The maximum absolute atomic E-state index is 13.2. The molecule has 0 saturated carbocycles. The van der Waals surface area contributed by atoms with Gasteiger partial charge in [0.05, 0.1) is 7.11 Å². The van der Waals surface area contributed by atoms with E-state index in [0.29, 0.717) is 17.1 Å². The van der Waals surface area contributed by atoms with Crippen molar-refractivity contribution < 1.29 is 19.0 Å². The van der Waals surface area contributed by atoms with Crippen molar-refractivity contribution in [2.45, 2.75) is 26.7 Å². The third-order valence-corrected chi connectivity index (χ3v) is 3.90. The van der Waals surface area contributed by atoms with E-state index >= 15 is 0 Å². The Morgan fingerprint density at radius 1 is 1.30 bits per heavy atom. The zero-order valence-corrected chi connectivity index (χ0v) is 15.6. The van der Waals surface area contributed by atoms with Crippen LogP contribution in [0.25, 0.3) is 11.3 Å². The largest absolute Gasteiger partial charge is 0.497 e. The van der Waals surface area contributed by atoms with E-state index < -0.39 is 5.97 Å². The fourth-order valence-corrected chi connectivity index (χ4v) is 2.46. The second kappa shape index (κ2) is 9.52. The predicted molar refractivity (Wildman–Crippen MR) is 103 cm³/mol.